The average molecular weight is 241 g/mol. The molecule has 1 nitrogen and oxygen atoms in total. The second kappa shape index (κ2) is 3.76. The van der Waals surface area contributed by atoms with Crippen LogP contribution in [0.15, 0.2) is 17.5 Å². The first kappa shape index (κ1) is 10.9. The second-order valence-electron chi connectivity index (χ2n) is 4.75. The van der Waals surface area contributed by atoms with Crippen LogP contribution in [0.1, 0.15) is 31.6 Å². The molecule has 1 aromatic heterocycles. The summed E-state index contributed by atoms with van der Waals surface area (Å²) in [5, 5.41) is 2.72. The van der Waals surface area contributed by atoms with Crippen LogP contribution in [0.2, 0.25) is 5.02 Å². The van der Waals surface area contributed by atoms with E-state index in [1.165, 1.54) is 0 Å². The van der Waals surface area contributed by atoms with E-state index in [0.29, 0.717) is 6.42 Å². The monoisotopic (exact) mass is 240 g/mol. The van der Waals surface area contributed by atoms with E-state index in [1.54, 1.807) is 17.4 Å². The lowest BCUT2D eigenvalue weighted by Gasteiger charge is -2.28. The highest BCUT2D eigenvalue weighted by atomic mass is 35.5. The van der Waals surface area contributed by atoms with E-state index in [2.05, 4.69) is 13.8 Å². The van der Waals surface area contributed by atoms with Crippen LogP contribution < -0.4 is 0 Å². The van der Waals surface area contributed by atoms with Gasteiger partial charge in [0.1, 0.15) is 0 Å². The van der Waals surface area contributed by atoms with Gasteiger partial charge in [0.25, 0.3) is 0 Å². The number of rotatable bonds is 1. The molecule has 0 aromatic carbocycles. The van der Waals surface area contributed by atoms with Gasteiger partial charge in [-0.2, -0.15) is 0 Å². The molecule has 1 aromatic rings. The van der Waals surface area contributed by atoms with Crippen molar-refractivity contribution in [2.45, 2.75) is 26.7 Å². The van der Waals surface area contributed by atoms with Gasteiger partial charge in [0.2, 0.25) is 0 Å². The number of hydrogen-bond acceptors (Lipinski definition) is 2. The molecule has 1 aliphatic rings. The second-order valence-corrected chi connectivity index (χ2v) is 6.07. The zero-order valence-corrected chi connectivity index (χ0v) is 10.4. The number of allylic oxidation sites excluding steroid dienone is 2. The summed E-state index contributed by atoms with van der Waals surface area (Å²) in [5.74, 6) is 0.214. The highest BCUT2D eigenvalue weighted by Gasteiger charge is 2.28. The van der Waals surface area contributed by atoms with Crippen molar-refractivity contribution >= 4 is 34.3 Å². The van der Waals surface area contributed by atoms with E-state index in [-0.39, 0.29) is 11.2 Å². The molecule has 0 N–H and O–H groups in total. The van der Waals surface area contributed by atoms with Crippen LogP contribution >= 0.6 is 22.9 Å². The van der Waals surface area contributed by atoms with Crippen molar-refractivity contribution in [1.82, 2.24) is 0 Å². The lowest BCUT2D eigenvalue weighted by atomic mass is 9.76. The summed E-state index contributed by atoms with van der Waals surface area (Å²) < 4.78 is 0. The van der Waals surface area contributed by atoms with Crippen LogP contribution in [0.3, 0.4) is 0 Å². The minimum atomic E-state index is 0.0640. The minimum Gasteiger partial charge on any atom is -0.295 e. The van der Waals surface area contributed by atoms with E-state index in [0.717, 1.165) is 21.9 Å². The largest absolute Gasteiger partial charge is 0.295 e. The third-order valence-corrected chi connectivity index (χ3v) is 3.98. The van der Waals surface area contributed by atoms with Crippen LogP contribution in [0, 0.1) is 5.41 Å². The van der Waals surface area contributed by atoms with Gasteiger partial charge in [-0.1, -0.05) is 25.4 Å². The lowest BCUT2D eigenvalue weighted by Crippen LogP contribution is -2.21. The SMILES string of the molecule is CC1(C)CC(=O)C=C(c2sccc2Cl)C1. The van der Waals surface area contributed by atoms with Crippen molar-refractivity contribution in [3.8, 4) is 0 Å². The number of ketones is 1. The predicted octanol–water partition coefficient (Wildman–Crippen LogP) is 4.17. The molecule has 0 atom stereocenters. The quantitative estimate of drug-likeness (QED) is 0.720. The molecule has 0 saturated carbocycles. The van der Waals surface area contributed by atoms with Gasteiger partial charge in [0.15, 0.2) is 5.78 Å². The maximum Gasteiger partial charge on any atom is 0.156 e. The van der Waals surface area contributed by atoms with Crippen molar-refractivity contribution < 1.29 is 4.79 Å². The normalized spacial score (nSPS) is 20.2. The molecule has 0 radical (unpaired) electrons. The van der Waals surface area contributed by atoms with E-state index in [1.807, 2.05) is 11.4 Å². The summed E-state index contributed by atoms with van der Waals surface area (Å²) in [7, 11) is 0. The lowest BCUT2D eigenvalue weighted by molar-refractivity contribution is -0.116. The Morgan fingerprint density at radius 1 is 1.40 bits per heavy atom. The van der Waals surface area contributed by atoms with Gasteiger partial charge in [0, 0.05) is 11.3 Å². The number of halogens is 1. The molecule has 0 fully saturated rings. The first-order chi connectivity index (χ1) is 6.98. The maximum absolute atomic E-state index is 11.6. The third kappa shape index (κ3) is 2.32. The van der Waals surface area contributed by atoms with Crippen LogP contribution in [0.25, 0.3) is 5.57 Å². The Hall–Kier alpha value is -0.600. The van der Waals surface area contributed by atoms with Gasteiger partial charge in [-0.3, -0.25) is 4.79 Å². The zero-order chi connectivity index (χ0) is 11.1. The van der Waals surface area contributed by atoms with Gasteiger partial charge < -0.3 is 0 Å². The maximum atomic E-state index is 11.6. The van der Waals surface area contributed by atoms with Gasteiger partial charge >= 0.3 is 0 Å². The molecule has 0 saturated heterocycles. The van der Waals surface area contributed by atoms with Crippen LogP contribution in [0.4, 0.5) is 0 Å². The summed E-state index contributed by atoms with van der Waals surface area (Å²) in [6.45, 7) is 4.25. The van der Waals surface area contributed by atoms with Gasteiger partial charge in [-0.15, -0.1) is 11.3 Å². The molecule has 80 valence electrons. The molecule has 1 heterocycles. The molecule has 2 rings (SSSR count). The fourth-order valence-corrected chi connectivity index (χ4v) is 3.21. The molecular formula is C12H13ClOS. The first-order valence-electron chi connectivity index (χ1n) is 4.95. The van der Waals surface area contributed by atoms with Crippen molar-refractivity contribution in [2.75, 3.05) is 0 Å². The summed E-state index contributed by atoms with van der Waals surface area (Å²) in [4.78, 5) is 12.6. The fraction of sp³-hybridized carbons (Fsp3) is 0.417. The summed E-state index contributed by atoms with van der Waals surface area (Å²) in [6, 6.07) is 1.88. The molecule has 1 aliphatic carbocycles. The van der Waals surface area contributed by atoms with E-state index < -0.39 is 0 Å². The number of carbonyl (C=O) groups excluding carboxylic acids is 1. The van der Waals surface area contributed by atoms with Crippen molar-refractivity contribution in [1.29, 1.82) is 0 Å². The Morgan fingerprint density at radius 2 is 2.13 bits per heavy atom. The van der Waals surface area contributed by atoms with Gasteiger partial charge in [-0.25, -0.2) is 0 Å². The highest BCUT2D eigenvalue weighted by Crippen LogP contribution is 2.41. The molecule has 0 aliphatic heterocycles. The van der Waals surface area contributed by atoms with E-state index >= 15 is 0 Å². The first-order valence-corrected chi connectivity index (χ1v) is 6.20. The Labute approximate surface area is 98.8 Å². The third-order valence-electron chi connectivity index (χ3n) is 2.57. The summed E-state index contributed by atoms with van der Waals surface area (Å²) in [6.07, 6.45) is 3.32. The van der Waals surface area contributed by atoms with Gasteiger partial charge in [0.05, 0.1) is 5.02 Å². The topological polar surface area (TPSA) is 17.1 Å². The zero-order valence-electron chi connectivity index (χ0n) is 8.84. The molecule has 0 bridgehead atoms. The highest BCUT2D eigenvalue weighted by molar-refractivity contribution is 7.11. The predicted molar refractivity (Wildman–Crippen MR) is 65.3 cm³/mol. The van der Waals surface area contributed by atoms with Crippen molar-refractivity contribution in [3.63, 3.8) is 0 Å². The number of hydrogen-bond donors (Lipinski definition) is 0. The molecule has 0 unspecified atom stereocenters. The molecule has 15 heavy (non-hydrogen) atoms. The number of carbonyl (C=O) groups is 1. The Bertz CT molecular complexity index is 429. The Balaban J connectivity index is 2.38. The van der Waals surface area contributed by atoms with Crippen molar-refractivity contribution in [2.24, 2.45) is 5.41 Å². The molecule has 3 heteroatoms. The van der Waals surface area contributed by atoms with Gasteiger partial charge in [-0.05, 0) is 34.9 Å². The van der Waals surface area contributed by atoms with E-state index in [4.69, 9.17) is 11.6 Å². The average Bonchev–Trinajstić information content (AvgIpc) is 2.47. The van der Waals surface area contributed by atoms with Crippen LogP contribution in [-0.4, -0.2) is 5.78 Å². The van der Waals surface area contributed by atoms with E-state index in [9.17, 15) is 4.79 Å². The minimum absolute atomic E-state index is 0.0640. The standard InChI is InChI=1S/C12H13ClOS/c1-12(2)6-8(5-9(14)7-12)11-10(13)3-4-15-11/h3-5H,6-7H2,1-2H3. The number of thiophene rings is 1. The Morgan fingerprint density at radius 3 is 2.67 bits per heavy atom. The van der Waals surface area contributed by atoms with Crippen LogP contribution in [-0.2, 0) is 4.79 Å². The smallest absolute Gasteiger partial charge is 0.156 e. The van der Waals surface area contributed by atoms with Crippen LogP contribution in [0.5, 0.6) is 0 Å². The summed E-state index contributed by atoms with van der Waals surface area (Å²) >= 11 is 7.68. The van der Waals surface area contributed by atoms with Crippen molar-refractivity contribution in [3.05, 3.63) is 27.4 Å². The Kier molecular flexibility index (Phi) is 2.73. The fourth-order valence-electron chi connectivity index (χ4n) is 2.01. The summed E-state index contributed by atoms with van der Waals surface area (Å²) in [5.41, 5.74) is 1.16. The molecule has 0 amide bonds. The molecule has 0 spiro atoms. The molecular weight excluding hydrogens is 228 g/mol.